The van der Waals surface area contributed by atoms with E-state index in [1.54, 1.807) is 18.2 Å². The van der Waals surface area contributed by atoms with Gasteiger partial charge in [0.05, 0.1) is 18.3 Å². The Kier molecular flexibility index (Phi) is 6.79. The number of hydrogen-bond donors (Lipinski definition) is 1. The van der Waals surface area contributed by atoms with Crippen molar-refractivity contribution in [2.75, 3.05) is 25.1 Å². The van der Waals surface area contributed by atoms with Crippen molar-refractivity contribution in [3.05, 3.63) is 66.4 Å². The molecule has 0 saturated heterocycles. The van der Waals surface area contributed by atoms with Gasteiger partial charge in [-0.2, -0.15) is 0 Å². The van der Waals surface area contributed by atoms with Gasteiger partial charge in [-0.1, -0.05) is 30.3 Å². The number of aromatic nitrogens is 1. The number of amides is 2. The molecule has 0 aliphatic rings. The van der Waals surface area contributed by atoms with Crippen LogP contribution in [0.3, 0.4) is 0 Å². The molecule has 2 amide bonds. The van der Waals surface area contributed by atoms with Crippen LogP contribution in [0.2, 0.25) is 0 Å². The average Bonchev–Trinajstić information content (AvgIpc) is 2.74. The highest BCUT2D eigenvalue weighted by molar-refractivity contribution is 6.01. The van der Waals surface area contributed by atoms with Crippen LogP contribution in [0.5, 0.6) is 5.75 Å². The van der Waals surface area contributed by atoms with Crippen LogP contribution in [0.1, 0.15) is 18.9 Å². The van der Waals surface area contributed by atoms with Gasteiger partial charge in [-0.05, 0) is 36.2 Å². The fraction of sp³-hybridized carbons (Fsp3) is 0.261. The molecule has 0 atom stereocenters. The maximum atomic E-state index is 12.3. The fourth-order valence-corrected chi connectivity index (χ4v) is 3.19. The van der Waals surface area contributed by atoms with Crippen molar-refractivity contribution in [2.24, 2.45) is 0 Å². The minimum atomic E-state index is -0.116. The van der Waals surface area contributed by atoms with E-state index in [0.717, 1.165) is 34.3 Å². The number of fused-ring (bicyclic) bond motifs is 1. The zero-order chi connectivity index (χ0) is 20.6. The Morgan fingerprint density at radius 1 is 1.07 bits per heavy atom. The maximum absolute atomic E-state index is 12.3. The topological polar surface area (TPSA) is 71.5 Å². The lowest BCUT2D eigenvalue weighted by atomic mass is 10.1. The van der Waals surface area contributed by atoms with Crippen molar-refractivity contribution in [2.45, 2.75) is 19.8 Å². The summed E-state index contributed by atoms with van der Waals surface area (Å²) in [6, 6.07) is 17.3. The first-order chi connectivity index (χ1) is 14.1. The number of rotatable bonds is 8. The first-order valence-electron chi connectivity index (χ1n) is 9.60. The third kappa shape index (κ3) is 5.31. The zero-order valence-electron chi connectivity index (χ0n) is 16.7. The molecule has 0 fully saturated rings. The summed E-state index contributed by atoms with van der Waals surface area (Å²) in [6.07, 6.45) is 2.67. The van der Waals surface area contributed by atoms with Crippen LogP contribution in [-0.4, -0.2) is 37.0 Å². The SMILES string of the molecule is COc1ccc(CCNC(=O)CCN(C(C)=O)c2cccc3cccnc23)cc1. The van der Waals surface area contributed by atoms with E-state index in [1.807, 2.05) is 54.6 Å². The minimum absolute atomic E-state index is 0.0852. The molecule has 1 N–H and O–H groups in total. The Morgan fingerprint density at radius 3 is 2.55 bits per heavy atom. The molecule has 0 radical (unpaired) electrons. The Balaban J connectivity index is 1.56. The van der Waals surface area contributed by atoms with Crippen LogP contribution in [0.15, 0.2) is 60.8 Å². The van der Waals surface area contributed by atoms with Crippen molar-refractivity contribution in [1.82, 2.24) is 10.3 Å². The molecule has 0 spiro atoms. The molecule has 0 bridgehead atoms. The van der Waals surface area contributed by atoms with Crippen molar-refractivity contribution < 1.29 is 14.3 Å². The highest BCUT2D eigenvalue weighted by atomic mass is 16.5. The predicted molar refractivity (Wildman–Crippen MR) is 114 cm³/mol. The summed E-state index contributed by atoms with van der Waals surface area (Å²) >= 11 is 0. The third-order valence-electron chi connectivity index (χ3n) is 4.74. The van der Waals surface area contributed by atoms with E-state index in [0.29, 0.717) is 13.1 Å². The van der Waals surface area contributed by atoms with Crippen LogP contribution >= 0.6 is 0 Å². The van der Waals surface area contributed by atoms with Crippen LogP contribution in [0.4, 0.5) is 5.69 Å². The number of nitrogens with zero attached hydrogens (tertiary/aromatic N) is 2. The number of pyridine rings is 1. The molecule has 3 rings (SSSR count). The summed E-state index contributed by atoms with van der Waals surface area (Å²) in [6.45, 7) is 2.35. The van der Waals surface area contributed by atoms with E-state index in [1.165, 1.54) is 6.92 Å². The van der Waals surface area contributed by atoms with E-state index in [2.05, 4.69) is 10.3 Å². The Labute approximate surface area is 170 Å². The number of carbonyl (C=O) groups excluding carboxylic acids is 2. The van der Waals surface area contributed by atoms with Gasteiger partial charge in [0.25, 0.3) is 0 Å². The lowest BCUT2D eigenvalue weighted by Crippen LogP contribution is -2.34. The Morgan fingerprint density at radius 2 is 1.83 bits per heavy atom. The minimum Gasteiger partial charge on any atom is -0.497 e. The number of anilines is 1. The van der Waals surface area contributed by atoms with Crippen LogP contribution in [0, 0.1) is 0 Å². The number of benzene rings is 2. The summed E-state index contributed by atoms with van der Waals surface area (Å²) in [5.41, 5.74) is 2.60. The number of methoxy groups -OCH3 is 1. The molecule has 6 nitrogen and oxygen atoms in total. The number of nitrogens with one attached hydrogen (secondary N) is 1. The van der Waals surface area contributed by atoms with Gasteiger partial charge >= 0.3 is 0 Å². The van der Waals surface area contributed by atoms with Crippen molar-refractivity contribution in [1.29, 1.82) is 0 Å². The second-order valence-electron chi connectivity index (χ2n) is 6.72. The second kappa shape index (κ2) is 9.68. The number of para-hydroxylation sites is 1. The average molecular weight is 391 g/mol. The first kappa shape index (κ1) is 20.3. The fourth-order valence-electron chi connectivity index (χ4n) is 3.19. The molecule has 1 heterocycles. The van der Waals surface area contributed by atoms with Crippen molar-refractivity contribution >= 4 is 28.4 Å². The van der Waals surface area contributed by atoms with Crippen LogP contribution in [-0.2, 0) is 16.0 Å². The molecule has 0 unspecified atom stereocenters. The Hall–Kier alpha value is -3.41. The smallest absolute Gasteiger partial charge is 0.223 e. The molecule has 6 heteroatoms. The summed E-state index contributed by atoms with van der Waals surface area (Å²) in [5.74, 6) is 0.608. The quantitative estimate of drug-likeness (QED) is 0.639. The standard InChI is InChI=1S/C23H25N3O3/c1-17(27)26(21-7-3-5-19-6-4-14-25-23(19)21)16-13-22(28)24-15-12-18-8-10-20(29-2)11-9-18/h3-11,14H,12-13,15-16H2,1-2H3,(H,24,28). The molecule has 0 aliphatic carbocycles. The van der Waals surface area contributed by atoms with E-state index in [9.17, 15) is 9.59 Å². The largest absolute Gasteiger partial charge is 0.497 e. The van der Waals surface area contributed by atoms with Gasteiger partial charge in [-0.15, -0.1) is 0 Å². The Bertz CT molecular complexity index is 981. The molecule has 150 valence electrons. The third-order valence-corrected chi connectivity index (χ3v) is 4.74. The van der Waals surface area contributed by atoms with Gasteiger partial charge in [0.15, 0.2) is 0 Å². The lowest BCUT2D eigenvalue weighted by Gasteiger charge is -2.22. The lowest BCUT2D eigenvalue weighted by molar-refractivity contribution is -0.121. The van der Waals surface area contributed by atoms with Gasteiger partial charge in [-0.25, -0.2) is 0 Å². The molecule has 2 aromatic carbocycles. The molecule has 3 aromatic rings. The number of hydrogen-bond acceptors (Lipinski definition) is 4. The van der Waals surface area contributed by atoms with Crippen molar-refractivity contribution in [3.63, 3.8) is 0 Å². The van der Waals surface area contributed by atoms with Crippen LogP contribution in [0.25, 0.3) is 10.9 Å². The predicted octanol–water partition coefficient (Wildman–Crippen LogP) is 3.35. The van der Waals surface area contributed by atoms with Gasteiger partial charge in [0, 0.05) is 38.0 Å². The summed E-state index contributed by atoms with van der Waals surface area (Å²) in [5, 5.41) is 3.88. The molecule has 29 heavy (non-hydrogen) atoms. The summed E-state index contributed by atoms with van der Waals surface area (Å²) < 4.78 is 5.14. The maximum Gasteiger partial charge on any atom is 0.223 e. The van der Waals surface area contributed by atoms with Crippen LogP contribution < -0.4 is 15.0 Å². The van der Waals surface area contributed by atoms with E-state index >= 15 is 0 Å². The molecule has 0 aliphatic heterocycles. The van der Waals surface area contributed by atoms with E-state index < -0.39 is 0 Å². The second-order valence-corrected chi connectivity index (χ2v) is 6.72. The van der Waals surface area contributed by atoms with Gasteiger partial charge in [-0.3, -0.25) is 14.6 Å². The van der Waals surface area contributed by atoms with Crippen molar-refractivity contribution in [3.8, 4) is 5.75 Å². The number of carbonyl (C=O) groups is 2. The highest BCUT2D eigenvalue weighted by Gasteiger charge is 2.16. The monoisotopic (exact) mass is 391 g/mol. The van der Waals surface area contributed by atoms with E-state index in [4.69, 9.17) is 4.74 Å². The first-order valence-corrected chi connectivity index (χ1v) is 9.60. The zero-order valence-corrected chi connectivity index (χ0v) is 16.7. The summed E-state index contributed by atoms with van der Waals surface area (Å²) in [7, 11) is 1.63. The molecule has 0 saturated carbocycles. The molecular weight excluding hydrogens is 366 g/mol. The van der Waals surface area contributed by atoms with Gasteiger partial charge in [0.1, 0.15) is 5.75 Å². The van der Waals surface area contributed by atoms with E-state index in [-0.39, 0.29) is 18.2 Å². The molecular formula is C23H25N3O3. The van der Waals surface area contributed by atoms with Gasteiger partial charge in [0.2, 0.25) is 11.8 Å². The van der Waals surface area contributed by atoms with Gasteiger partial charge < -0.3 is 15.0 Å². The normalized spacial score (nSPS) is 10.6. The summed E-state index contributed by atoms with van der Waals surface area (Å²) in [4.78, 5) is 30.5. The highest BCUT2D eigenvalue weighted by Crippen LogP contribution is 2.25. The number of ether oxygens (including phenoxy) is 1. The molecule has 1 aromatic heterocycles.